The molecule has 6 nitrogen and oxygen atoms in total. The molecule has 7 heteroatoms. The Bertz CT molecular complexity index is 719. The summed E-state index contributed by atoms with van der Waals surface area (Å²) in [7, 11) is 1.47. The second kappa shape index (κ2) is 6.82. The maximum Gasteiger partial charge on any atom is 0.314 e. The van der Waals surface area contributed by atoms with Gasteiger partial charge in [0.2, 0.25) is 0 Å². The number of ether oxygens (including phenoxy) is 1. The van der Waals surface area contributed by atoms with Crippen LogP contribution in [0, 0.1) is 0 Å². The van der Waals surface area contributed by atoms with Crippen molar-refractivity contribution in [1.82, 2.24) is 0 Å². The Morgan fingerprint density at radius 1 is 1.05 bits per heavy atom. The van der Waals surface area contributed by atoms with E-state index in [1.54, 1.807) is 30.3 Å². The van der Waals surface area contributed by atoms with E-state index in [2.05, 4.69) is 10.6 Å². The molecular formula is C15H14ClN3O3. The van der Waals surface area contributed by atoms with Crippen molar-refractivity contribution in [3.8, 4) is 5.75 Å². The van der Waals surface area contributed by atoms with Gasteiger partial charge in [-0.15, -0.1) is 0 Å². The number of nitrogens with one attached hydrogen (secondary N) is 2. The quantitative estimate of drug-likeness (QED) is 0.598. The van der Waals surface area contributed by atoms with Gasteiger partial charge in [0.15, 0.2) is 0 Å². The van der Waals surface area contributed by atoms with E-state index >= 15 is 0 Å². The van der Waals surface area contributed by atoms with Crippen LogP contribution in [0.4, 0.5) is 17.1 Å². The SMILES string of the molecule is COc1ccccc1NC(=O)C(=O)Nc1ccc(N)cc1Cl. The molecule has 2 rings (SSSR count). The molecule has 0 fully saturated rings. The van der Waals surface area contributed by atoms with Crippen LogP contribution in [0.1, 0.15) is 0 Å². The zero-order valence-electron chi connectivity index (χ0n) is 11.7. The van der Waals surface area contributed by atoms with Gasteiger partial charge in [0.1, 0.15) is 5.75 Å². The van der Waals surface area contributed by atoms with Crippen molar-refractivity contribution in [3.63, 3.8) is 0 Å². The number of carbonyl (C=O) groups is 2. The number of amides is 2. The first-order chi connectivity index (χ1) is 10.5. The smallest absolute Gasteiger partial charge is 0.314 e. The maximum absolute atomic E-state index is 11.9. The first-order valence-electron chi connectivity index (χ1n) is 6.31. The fourth-order valence-corrected chi connectivity index (χ4v) is 1.98. The summed E-state index contributed by atoms with van der Waals surface area (Å²) in [5, 5.41) is 5.13. The molecule has 0 heterocycles. The summed E-state index contributed by atoms with van der Waals surface area (Å²) in [4.78, 5) is 23.8. The van der Waals surface area contributed by atoms with Gasteiger partial charge in [0.25, 0.3) is 0 Å². The number of hydrogen-bond acceptors (Lipinski definition) is 4. The van der Waals surface area contributed by atoms with E-state index in [9.17, 15) is 9.59 Å². The summed E-state index contributed by atoms with van der Waals surface area (Å²) in [6.45, 7) is 0. The van der Waals surface area contributed by atoms with Gasteiger partial charge in [-0.05, 0) is 30.3 Å². The first-order valence-corrected chi connectivity index (χ1v) is 6.69. The monoisotopic (exact) mass is 319 g/mol. The van der Waals surface area contributed by atoms with E-state index < -0.39 is 11.8 Å². The highest BCUT2D eigenvalue weighted by molar-refractivity contribution is 6.45. The highest BCUT2D eigenvalue weighted by Crippen LogP contribution is 2.25. The van der Waals surface area contributed by atoms with E-state index in [0.29, 0.717) is 22.8 Å². The van der Waals surface area contributed by atoms with Gasteiger partial charge in [-0.2, -0.15) is 0 Å². The molecule has 114 valence electrons. The number of benzene rings is 2. The van der Waals surface area contributed by atoms with Crippen molar-refractivity contribution in [1.29, 1.82) is 0 Å². The molecule has 0 saturated heterocycles. The average molecular weight is 320 g/mol. The molecule has 0 spiro atoms. The lowest BCUT2D eigenvalue weighted by Gasteiger charge is -2.10. The predicted molar refractivity (Wildman–Crippen MR) is 86.1 cm³/mol. The molecule has 22 heavy (non-hydrogen) atoms. The molecule has 0 unspecified atom stereocenters. The number of para-hydroxylation sites is 2. The number of nitrogen functional groups attached to an aromatic ring is 1. The van der Waals surface area contributed by atoms with Gasteiger partial charge in [0, 0.05) is 5.69 Å². The molecule has 2 aromatic carbocycles. The minimum absolute atomic E-state index is 0.249. The summed E-state index contributed by atoms with van der Waals surface area (Å²) in [6, 6.07) is 11.3. The minimum Gasteiger partial charge on any atom is -0.495 e. The molecule has 4 N–H and O–H groups in total. The lowest BCUT2D eigenvalue weighted by Crippen LogP contribution is -2.29. The van der Waals surface area contributed by atoms with E-state index in [0.717, 1.165) is 0 Å². The lowest BCUT2D eigenvalue weighted by molar-refractivity contribution is -0.133. The fraction of sp³-hybridized carbons (Fsp3) is 0.0667. The number of halogens is 1. The van der Waals surface area contributed by atoms with Crippen LogP contribution in [-0.2, 0) is 9.59 Å². The molecule has 0 saturated carbocycles. The second-order valence-corrected chi connectivity index (χ2v) is 4.76. The van der Waals surface area contributed by atoms with Crippen LogP contribution in [0.15, 0.2) is 42.5 Å². The van der Waals surface area contributed by atoms with E-state index in [1.807, 2.05) is 0 Å². The van der Waals surface area contributed by atoms with Gasteiger partial charge < -0.3 is 21.1 Å². The lowest BCUT2D eigenvalue weighted by atomic mass is 10.2. The van der Waals surface area contributed by atoms with Gasteiger partial charge in [-0.1, -0.05) is 23.7 Å². The number of anilines is 3. The Morgan fingerprint density at radius 3 is 2.32 bits per heavy atom. The molecule has 0 bridgehead atoms. The van der Waals surface area contributed by atoms with Crippen LogP contribution < -0.4 is 21.1 Å². The van der Waals surface area contributed by atoms with E-state index in [4.69, 9.17) is 22.1 Å². The molecule has 2 amide bonds. The average Bonchev–Trinajstić information content (AvgIpc) is 2.50. The molecule has 0 aliphatic heterocycles. The molecule has 0 radical (unpaired) electrons. The van der Waals surface area contributed by atoms with Crippen molar-refractivity contribution >= 4 is 40.5 Å². The summed E-state index contributed by atoms with van der Waals surface area (Å²) >= 11 is 5.94. The third-order valence-electron chi connectivity index (χ3n) is 2.80. The third kappa shape index (κ3) is 3.67. The number of rotatable bonds is 3. The normalized spacial score (nSPS) is 9.91. The Labute approximate surface area is 132 Å². The highest BCUT2D eigenvalue weighted by atomic mass is 35.5. The summed E-state index contributed by atoms with van der Waals surface area (Å²) in [5.41, 5.74) is 6.72. The van der Waals surface area contributed by atoms with E-state index in [1.165, 1.54) is 19.2 Å². The molecule has 0 aliphatic rings. The third-order valence-corrected chi connectivity index (χ3v) is 3.12. The summed E-state index contributed by atoms with van der Waals surface area (Å²) in [6.07, 6.45) is 0. The Balaban J connectivity index is 2.08. The van der Waals surface area contributed by atoms with Crippen molar-refractivity contribution in [2.75, 3.05) is 23.5 Å². The number of hydrogen-bond donors (Lipinski definition) is 3. The van der Waals surface area contributed by atoms with Gasteiger partial charge in [-0.3, -0.25) is 9.59 Å². The van der Waals surface area contributed by atoms with Gasteiger partial charge >= 0.3 is 11.8 Å². The van der Waals surface area contributed by atoms with Crippen molar-refractivity contribution in [2.45, 2.75) is 0 Å². The van der Waals surface area contributed by atoms with Crippen LogP contribution in [0.2, 0.25) is 5.02 Å². The van der Waals surface area contributed by atoms with Gasteiger partial charge in [-0.25, -0.2) is 0 Å². The fourth-order valence-electron chi connectivity index (χ4n) is 1.74. The van der Waals surface area contributed by atoms with Crippen molar-refractivity contribution in [2.24, 2.45) is 0 Å². The zero-order valence-corrected chi connectivity index (χ0v) is 12.5. The van der Waals surface area contributed by atoms with Crippen molar-refractivity contribution < 1.29 is 14.3 Å². The molecule has 2 aromatic rings. The standard InChI is InChI=1S/C15H14ClN3O3/c1-22-13-5-3-2-4-12(13)19-15(21)14(20)18-11-7-6-9(17)8-10(11)16/h2-8H,17H2,1H3,(H,18,20)(H,19,21). The molecule has 0 atom stereocenters. The van der Waals surface area contributed by atoms with Crippen LogP contribution in [0.3, 0.4) is 0 Å². The predicted octanol–water partition coefficient (Wildman–Crippen LogP) is 2.51. The largest absolute Gasteiger partial charge is 0.495 e. The second-order valence-electron chi connectivity index (χ2n) is 4.35. The van der Waals surface area contributed by atoms with Crippen LogP contribution >= 0.6 is 11.6 Å². The van der Waals surface area contributed by atoms with Crippen LogP contribution in [0.25, 0.3) is 0 Å². The van der Waals surface area contributed by atoms with E-state index in [-0.39, 0.29) is 5.02 Å². The first kappa shape index (κ1) is 15.7. The zero-order chi connectivity index (χ0) is 16.1. The van der Waals surface area contributed by atoms with Crippen LogP contribution in [0.5, 0.6) is 5.75 Å². The van der Waals surface area contributed by atoms with Crippen LogP contribution in [-0.4, -0.2) is 18.9 Å². The highest BCUT2D eigenvalue weighted by Gasteiger charge is 2.17. The Kier molecular flexibility index (Phi) is 4.85. The minimum atomic E-state index is -0.849. The Hall–Kier alpha value is -2.73. The number of methoxy groups -OCH3 is 1. The molecule has 0 aromatic heterocycles. The maximum atomic E-state index is 11.9. The molecular weight excluding hydrogens is 306 g/mol. The number of carbonyl (C=O) groups excluding carboxylic acids is 2. The van der Waals surface area contributed by atoms with Gasteiger partial charge in [0.05, 0.1) is 23.5 Å². The summed E-state index contributed by atoms with van der Waals surface area (Å²) < 4.78 is 5.10. The summed E-state index contributed by atoms with van der Waals surface area (Å²) in [5.74, 6) is -1.23. The van der Waals surface area contributed by atoms with Crippen molar-refractivity contribution in [3.05, 3.63) is 47.5 Å². The molecule has 0 aliphatic carbocycles. The Morgan fingerprint density at radius 2 is 1.68 bits per heavy atom. The number of nitrogens with two attached hydrogens (primary N) is 1. The topological polar surface area (TPSA) is 93.4 Å².